The Balaban J connectivity index is 1.12. The van der Waals surface area contributed by atoms with Crippen molar-refractivity contribution in [2.24, 2.45) is 11.8 Å². The first kappa shape index (κ1) is 39.8. The van der Waals surface area contributed by atoms with Crippen LogP contribution in [-0.4, -0.2) is 101 Å². The fraction of sp³-hybridized carbons (Fsp3) is 0.535. The zero-order valence-electron chi connectivity index (χ0n) is 32.9. The number of benzene rings is 1. The summed E-state index contributed by atoms with van der Waals surface area (Å²) in [5, 5.41) is 3.03. The fourth-order valence-electron chi connectivity index (χ4n) is 8.69. The number of methoxy groups -OCH3 is 1. The number of aromatic nitrogens is 2. The van der Waals surface area contributed by atoms with Gasteiger partial charge in [0.2, 0.25) is 27.7 Å². The third-order valence-electron chi connectivity index (χ3n) is 12.3. The molecular weight excluding hydrogens is 761 g/mol. The van der Waals surface area contributed by atoms with Gasteiger partial charge in [-0.25, -0.2) is 13.4 Å². The van der Waals surface area contributed by atoms with Crippen LogP contribution in [0.15, 0.2) is 60.8 Å². The quantitative estimate of drug-likeness (QED) is 0.289. The Kier molecular flexibility index (Phi) is 11.4. The minimum Gasteiger partial charge on any atom is -0.497 e. The zero-order valence-corrected chi connectivity index (χ0v) is 33.8. The van der Waals surface area contributed by atoms with E-state index in [2.05, 4.69) is 15.0 Å². The Morgan fingerprint density at radius 1 is 0.983 bits per heavy atom. The average Bonchev–Trinajstić information content (AvgIpc) is 4.16. The molecule has 3 aromatic rings. The number of piperidine rings is 1. The Bertz CT molecular complexity index is 2190. The predicted molar refractivity (Wildman–Crippen MR) is 216 cm³/mol. The van der Waals surface area contributed by atoms with Crippen molar-refractivity contribution in [2.75, 3.05) is 26.7 Å². The van der Waals surface area contributed by atoms with Crippen molar-refractivity contribution in [1.29, 1.82) is 0 Å². The SMILES string of the molecule is COc1ccc2c(O[C@@H]3C[C@H]4C(=O)N[C@]5(C(=O)NS(=O)(=O)C6CC6)C[C@H]5C=CCCCCC[C@H](CC(=O)N5CCCCC5)C(=O)N4C3)cc(-c3ccccn3)nc2c1. The van der Waals surface area contributed by atoms with Crippen LogP contribution in [0.2, 0.25) is 0 Å². The molecule has 0 bridgehead atoms. The van der Waals surface area contributed by atoms with E-state index in [1.165, 1.54) is 4.90 Å². The Hall–Kier alpha value is -5.05. The van der Waals surface area contributed by atoms with E-state index in [9.17, 15) is 27.6 Å². The number of pyridine rings is 2. The smallest absolute Gasteiger partial charge is 0.259 e. The van der Waals surface area contributed by atoms with Gasteiger partial charge in [-0.2, -0.15) is 0 Å². The molecule has 0 radical (unpaired) electrons. The van der Waals surface area contributed by atoms with Crippen LogP contribution in [0, 0.1) is 11.8 Å². The van der Waals surface area contributed by atoms with Gasteiger partial charge in [0.05, 0.1) is 35.8 Å². The second-order valence-corrected chi connectivity index (χ2v) is 18.4. The standard InChI is InChI=1S/C43H52N6O8S/c1-56-30-15-18-33-35(23-30)45-36(34-14-8-9-19-44-34)25-38(33)57-31-24-37-40(51)46-43(42(53)47-58(54,55)32-16-17-32)26-29(43)13-7-4-2-3-6-12-28(41(52)49(37)27-31)22-39(50)48-20-10-5-11-21-48/h7-9,13-15,18-19,23,25,28-29,31-32,37H,2-6,10-12,16-17,20-22,24,26-27H2,1H3,(H,46,51)(H,47,53)/t28-,29-,31-,37+,43-/m1/s1. The number of allylic oxidation sites excluding steroid dienone is 1. The van der Waals surface area contributed by atoms with Crippen LogP contribution in [0.4, 0.5) is 0 Å². The summed E-state index contributed by atoms with van der Waals surface area (Å²) < 4.78 is 40.4. The zero-order chi connectivity index (χ0) is 40.4. The van der Waals surface area contributed by atoms with E-state index in [4.69, 9.17) is 14.5 Å². The molecule has 4 fully saturated rings. The van der Waals surface area contributed by atoms with Gasteiger partial charge in [0.1, 0.15) is 29.2 Å². The molecular formula is C43H52N6O8S. The molecule has 2 N–H and O–H groups in total. The lowest BCUT2D eigenvalue weighted by Gasteiger charge is -2.31. The maximum absolute atomic E-state index is 14.8. The van der Waals surface area contributed by atoms with Crippen molar-refractivity contribution >= 4 is 44.6 Å². The van der Waals surface area contributed by atoms with E-state index in [1.54, 1.807) is 19.4 Å². The summed E-state index contributed by atoms with van der Waals surface area (Å²) in [6, 6.07) is 11.8. The molecule has 4 amide bonds. The van der Waals surface area contributed by atoms with Gasteiger partial charge in [0.15, 0.2) is 0 Å². The molecule has 0 unspecified atom stereocenters. The highest BCUT2D eigenvalue weighted by Crippen LogP contribution is 2.46. The predicted octanol–water partition coefficient (Wildman–Crippen LogP) is 4.68. The third-order valence-corrected chi connectivity index (χ3v) is 14.1. The molecule has 58 heavy (non-hydrogen) atoms. The molecule has 5 heterocycles. The number of carbonyl (C=O) groups is 4. The first-order valence-corrected chi connectivity index (χ1v) is 22.3. The number of amides is 4. The summed E-state index contributed by atoms with van der Waals surface area (Å²) in [5.74, 6) is -1.65. The number of sulfonamides is 1. The highest BCUT2D eigenvalue weighted by atomic mass is 32.2. The fourth-order valence-corrected chi connectivity index (χ4v) is 10.1. The van der Waals surface area contributed by atoms with E-state index in [-0.39, 0.29) is 37.6 Å². The second-order valence-electron chi connectivity index (χ2n) is 16.4. The highest BCUT2D eigenvalue weighted by Gasteiger charge is 2.62. The van der Waals surface area contributed by atoms with Crippen LogP contribution in [0.5, 0.6) is 11.5 Å². The molecule has 14 nitrogen and oxygen atoms in total. The number of rotatable bonds is 9. The van der Waals surface area contributed by atoms with Crippen LogP contribution in [0.1, 0.15) is 83.5 Å². The molecule has 0 spiro atoms. The molecule has 5 atom stereocenters. The molecule has 5 aliphatic rings. The van der Waals surface area contributed by atoms with Crippen molar-refractivity contribution in [3.8, 4) is 22.9 Å². The first-order valence-electron chi connectivity index (χ1n) is 20.7. The van der Waals surface area contributed by atoms with E-state index >= 15 is 0 Å². The summed E-state index contributed by atoms with van der Waals surface area (Å²) in [7, 11) is -2.31. The van der Waals surface area contributed by atoms with E-state index < -0.39 is 56.6 Å². The van der Waals surface area contributed by atoms with Gasteiger partial charge in [-0.1, -0.05) is 31.1 Å². The van der Waals surface area contributed by atoms with Gasteiger partial charge >= 0.3 is 0 Å². The molecule has 8 rings (SSSR count). The molecule has 15 heteroatoms. The van der Waals surface area contributed by atoms with Crippen molar-refractivity contribution in [3.05, 3.63) is 60.8 Å². The van der Waals surface area contributed by atoms with Gasteiger partial charge in [-0.05, 0) is 82.1 Å². The molecule has 3 aliphatic heterocycles. The number of nitrogens with one attached hydrogen (secondary N) is 2. The van der Waals surface area contributed by atoms with Gasteiger partial charge in [0.25, 0.3) is 5.91 Å². The monoisotopic (exact) mass is 812 g/mol. The average molecular weight is 813 g/mol. The van der Waals surface area contributed by atoms with E-state index in [0.717, 1.165) is 44.9 Å². The number of fused-ring (bicyclic) bond motifs is 3. The van der Waals surface area contributed by atoms with Crippen molar-refractivity contribution in [3.63, 3.8) is 0 Å². The van der Waals surface area contributed by atoms with Crippen LogP contribution in [0.25, 0.3) is 22.3 Å². The Labute approximate surface area is 339 Å². The third kappa shape index (κ3) is 8.55. The number of carbonyl (C=O) groups excluding carboxylic acids is 4. The Morgan fingerprint density at radius 3 is 2.55 bits per heavy atom. The lowest BCUT2D eigenvalue weighted by atomic mass is 9.94. The normalized spacial score (nSPS) is 26.8. The van der Waals surface area contributed by atoms with Crippen LogP contribution < -0.4 is 19.5 Å². The number of hydrogen-bond donors (Lipinski definition) is 2. The number of likely N-dealkylation sites (tertiary alicyclic amines) is 1. The van der Waals surface area contributed by atoms with Gasteiger partial charge in [-0.15, -0.1) is 0 Å². The minimum absolute atomic E-state index is 0.0484. The maximum atomic E-state index is 14.8. The number of hydrogen-bond acceptors (Lipinski definition) is 10. The number of nitrogens with zero attached hydrogens (tertiary/aromatic N) is 4. The van der Waals surface area contributed by atoms with Crippen LogP contribution >= 0.6 is 0 Å². The van der Waals surface area contributed by atoms with Gasteiger partial charge in [0, 0.05) is 61.5 Å². The van der Waals surface area contributed by atoms with Crippen LogP contribution in [-0.2, 0) is 29.2 Å². The lowest BCUT2D eigenvalue weighted by molar-refractivity contribution is -0.145. The highest BCUT2D eigenvalue weighted by molar-refractivity contribution is 7.91. The summed E-state index contributed by atoms with van der Waals surface area (Å²) in [6.45, 7) is 1.40. The topological polar surface area (TPSA) is 177 Å². The minimum atomic E-state index is -3.89. The van der Waals surface area contributed by atoms with Crippen molar-refractivity contribution in [1.82, 2.24) is 29.8 Å². The number of ether oxygens (including phenoxy) is 2. The molecule has 2 saturated carbocycles. The lowest BCUT2D eigenvalue weighted by Crippen LogP contribution is -2.57. The summed E-state index contributed by atoms with van der Waals surface area (Å²) in [6.07, 6.45) is 12.9. The van der Waals surface area contributed by atoms with E-state index in [1.807, 2.05) is 53.5 Å². The summed E-state index contributed by atoms with van der Waals surface area (Å²) in [5.41, 5.74) is 0.325. The first-order chi connectivity index (χ1) is 28.0. The summed E-state index contributed by atoms with van der Waals surface area (Å²) >= 11 is 0. The summed E-state index contributed by atoms with van der Waals surface area (Å²) in [4.78, 5) is 69.7. The molecule has 308 valence electrons. The largest absolute Gasteiger partial charge is 0.497 e. The molecule has 2 aliphatic carbocycles. The molecule has 2 saturated heterocycles. The van der Waals surface area contributed by atoms with Gasteiger partial charge < -0.3 is 24.6 Å². The second kappa shape index (κ2) is 16.7. The molecule has 1 aromatic carbocycles. The van der Waals surface area contributed by atoms with E-state index in [0.29, 0.717) is 66.1 Å². The Morgan fingerprint density at radius 2 is 1.79 bits per heavy atom. The maximum Gasteiger partial charge on any atom is 0.259 e. The molecule has 2 aromatic heterocycles. The van der Waals surface area contributed by atoms with Crippen molar-refractivity contribution < 1.29 is 37.1 Å². The van der Waals surface area contributed by atoms with Crippen molar-refractivity contribution in [2.45, 2.75) is 106 Å². The van der Waals surface area contributed by atoms with Gasteiger partial charge in [-0.3, -0.25) is 28.9 Å². The van der Waals surface area contributed by atoms with Crippen LogP contribution in [0.3, 0.4) is 0 Å².